The minimum Gasteiger partial charge on any atom is -0.455 e. The zero-order chi connectivity index (χ0) is 22.9. The molecule has 1 aliphatic rings. The Bertz CT molecular complexity index is 1310. The largest absolute Gasteiger partial charge is 0.455 e. The van der Waals surface area contributed by atoms with Gasteiger partial charge in [-0.15, -0.1) is 0 Å². The molecule has 0 bridgehead atoms. The Labute approximate surface area is 193 Å². The fraction of sp³-hybridized carbons (Fsp3) is 0.414. The lowest BCUT2D eigenvalue weighted by Gasteiger charge is -2.34. The van der Waals surface area contributed by atoms with E-state index in [4.69, 9.17) is 9.40 Å². The van der Waals surface area contributed by atoms with Crippen LogP contribution in [0.15, 0.2) is 59.1 Å². The Morgan fingerprint density at radius 3 is 2.28 bits per heavy atom. The van der Waals surface area contributed by atoms with E-state index in [1.807, 2.05) is 6.20 Å². The summed E-state index contributed by atoms with van der Waals surface area (Å²) in [5.41, 5.74) is 6.17. The van der Waals surface area contributed by atoms with Gasteiger partial charge in [-0.25, -0.2) is 0 Å². The minimum atomic E-state index is -1.55. The van der Waals surface area contributed by atoms with Crippen LogP contribution >= 0.6 is 0 Å². The Kier molecular flexibility index (Phi) is 4.73. The molecule has 0 radical (unpaired) electrons. The molecule has 166 valence electrons. The highest BCUT2D eigenvalue weighted by atomic mass is 28.3. The van der Waals surface area contributed by atoms with Crippen LogP contribution in [0.4, 0.5) is 0 Å². The fourth-order valence-electron chi connectivity index (χ4n) is 5.60. The lowest BCUT2D eigenvalue weighted by Crippen LogP contribution is -2.37. The predicted molar refractivity (Wildman–Crippen MR) is 139 cm³/mol. The molecule has 2 nitrogen and oxygen atoms in total. The zero-order valence-electron chi connectivity index (χ0n) is 20.5. The normalized spacial score (nSPS) is 18.6. The highest BCUT2D eigenvalue weighted by Gasteiger charge is 2.46. The van der Waals surface area contributed by atoms with E-state index >= 15 is 0 Å². The molecule has 1 saturated carbocycles. The van der Waals surface area contributed by atoms with Crippen molar-refractivity contribution in [1.29, 1.82) is 0 Å². The lowest BCUT2D eigenvalue weighted by molar-refractivity contribution is 0.157. The first-order valence-corrected chi connectivity index (χ1v) is 15.4. The number of aromatic nitrogens is 1. The molecule has 1 aliphatic carbocycles. The van der Waals surface area contributed by atoms with Gasteiger partial charge in [0.05, 0.1) is 13.8 Å². The number of furan rings is 1. The average molecular weight is 442 g/mol. The van der Waals surface area contributed by atoms with Crippen LogP contribution < -0.4 is 5.19 Å². The van der Waals surface area contributed by atoms with Crippen LogP contribution in [-0.4, -0.2) is 13.1 Å². The maximum absolute atomic E-state index is 6.49. The van der Waals surface area contributed by atoms with Crippen molar-refractivity contribution in [3.8, 4) is 11.3 Å². The number of fused-ring (bicyclic) bond motifs is 3. The van der Waals surface area contributed by atoms with Crippen molar-refractivity contribution in [2.24, 2.45) is 10.8 Å². The first-order chi connectivity index (χ1) is 15.0. The van der Waals surface area contributed by atoms with Crippen LogP contribution in [0, 0.1) is 10.8 Å². The number of pyridine rings is 1. The van der Waals surface area contributed by atoms with E-state index < -0.39 is 8.07 Å². The first kappa shape index (κ1) is 21.5. The summed E-state index contributed by atoms with van der Waals surface area (Å²) in [7, 11) is -1.55. The summed E-state index contributed by atoms with van der Waals surface area (Å²) in [6.45, 7) is 16.9. The number of rotatable bonds is 3. The molecule has 0 N–H and O–H groups in total. The van der Waals surface area contributed by atoms with E-state index in [0.717, 1.165) is 22.4 Å². The summed E-state index contributed by atoms with van der Waals surface area (Å²) >= 11 is 0. The topological polar surface area (TPSA) is 26.0 Å². The number of hydrogen-bond acceptors (Lipinski definition) is 2. The third-order valence-electron chi connectivity index (χ3n) is 8.21. The van der Waals surface area contributed by atoms with Crippen LogP contribution in [0.25, 0.3) is 33.2 Å². The quantitative estimate of drug-likeness (QED) is 0.300. The highest BCUT2D eigenvalue weighted by molar-refractivity contribution is 6.90. The molecule has 2 aromatic heterocycles. The second kappa shape index (κ2) is 7.05. The molecular formula is C29H35NOSi. The molecule has 4 aromatic rings. The second-order valence-electron chi connectivity index (χ2n) is 12.1. The van der Waals surface area contributed by atoms with E-state index in [0.29, 0.717) is 16.7 Å². The molecular weight excluding hydrogens is 406 g/mol. The highest BCUT2D eigenvalue weighted by Crippen LogP contribution is 2.57. The third kappa shape index (κ3) is 3.33. The third-order valence-corrected chi connectivity index (χ3v) is 10.2. The molecule has 5 rings (SSSR count). The van der Waals surface area contributed by atoms with Gasteiger partial charge in [0.15, 0.2) is 0 Å². The molecule has 0 atom stereocenters. The molecule has 0 saturated heterocycles. The first-order valence-electron chi connectivity index (χ1n) is 11.9. The summed E-state index contributed by atoms with van der Waals surface area (Å²) in [5.74, 6) is 0.578. The van der Waals surface area contributed by atoms with Crippen molar-refractivity contribution in [1.82, 2.24) is 4.98 Å². The Morgan fingerprint density at radius 2 is 1.59 bits per heavy atom. The summed E-state index contributed by atoms with van der Waals surface area (Å²) in [6, 6.07) is 17.6. The molecule has 1 fully saturated rings. The SMILES string of the molecule is CC1(C)CC(c2ccnc(-c3ccc([Si](C)(C)C)c4c3oc3ccccc34)c2)CC1(C)C. The molecule has 0 unspecified atom stereocenters. The average Bonchev–Trinajstić information content (AvgIpc) is 3.20. The molecule has 2 heterocycles. The van der Waals surface area contributed by atoms with Crippen LogP contribution in [0.3, 0.4) is 0 Å². The fourth-order valence-corrected chi connectivity index (χ4v) is 7.18. The van der Waals surface area contributed by atoms with Gasteiger partial charge in [0.2, 0.25) is 0 Å². The van der Waals surface area contributed by atoms with E-state index in [1.165, 1.54) is 34.4 Å². The van der Waals surface area contributed by atoms with Crippen LogP contribution in [-0.2, 0) is 0 Å². The van der Waals surface area contributed by atoms with Crippen LogP contribution in [0.5, 0.6) is 0 Å². The van der Waals surface area contributed by atoms with Crippen LogP contribution in [0.2, 0.25) is 19.6 Å². The van der Waals surface area contributed by atoms with Gasteiger partial charge in [-0.05, 0) is 64.6 Å². The summed E-state index contributed by atoms with van der Waals surface area (Å²) in [5, 5.41) is 3.96. The van der Waals surface area contributed by atoms with Gasteiger partial charge >= 0.3 is 0 Å². The summed E-state index contributed by atoms with van der Waals surface area (Å²) in [6.07, 6.45) is 4.43. The maximum atomic E-state index is 6.49. The Morgan fingerprint density at radius 1 is 0.906 bits per heavy atom. The van der Waals surface area contributed by atoms with Crippen molar-refractivity contribution in [3.05, 3.63) is 60.3 Å². The van der Waals surface area contributed by atoms with E-state index in [2.05, 4.69) is 95.9 Å². The van der Waals surface area contributed by atoms with Gasteiger partial charge in [-0.1, -0.05) is 71.6 Å². The standard InChI is InChI=1S/C29H35NOSi/c1-28(2)17-20(18-29(28,3)4)19-14-15-30-23(16-19)21-12-13-25(32(5,6)7)26-22-10-8-9-11-24(22)31-27(21)26/h8-16,20H,17-18H2,1-7H3. The second-order valence-corrected chi connectivity index (χ2v) is 17.1. The van der Waals surface area contributed by atoms with Gasteiger partial charge in [0, 0.05) is 22.5 Å². The molecule has 0 amide bonds. The van der Waals surface area contributed by atoms with Crippen molar-refractivity contribution in [2.45, 2.75) is 66.1 Å². The molecule has 3 heteroatoms. The van der Waals surface area contributed by atoms with Gasteiger partial charge in [-0.3, -0.25) is 4.98 Å². The van der Waals surface area contributed by atoms with Gasteiger partial charge < -0.3 is 4.42 Å². The maximum Gasteiger partial charge on any atom is 0.144 e. The van der Waals surface area contributed by atoms with Crippen molar-refractivity contribution < 1.29 is 4.42 Å². The monoisotopic (exact) mass is 441 g/mol. The molecule has 32 heavy (non-hydrogen) atoms. The van der Waals surface area contributed by atoms with Crippen molar-refractivity contribution in [3.63, 3.8) is 0 Å². The molecule has 0 spiro atoms. The Hall–Kier alpha value is -2.39. The number of para-hydroxylation sites is 1. The van der Waals surface area contributed by atoms with Gasteiger partial charge in [0.25, 0.3) is 0 Å². The number of nitrogens with zero attached hydrogens (tertiary/aromatic N) is 1. The zero-order valence-corrected chi connectivity index (χ0v) is 21.5. The van der Waals surface area contributed by atoms with Gasteiger partial charge in [0.1, 0.15) is 11.2 Å². The molecule has 0 aliphatic heterocycles. The Balaban J connectivity index is 1.68. The van der Waals surface area contributed by atoms with E-state index in [1.54, 1.807) is 0 Å². The summed E-state index contributed by atoms with van der Waals surface area (Å²) in [4.78, 5) is 4.82. The predicted octanol–water partition coefficient (Wildman–Crippen LogP) is 8.12. The lowest BCUT2D eigenvalue weighted by atomic mass is 9.71. The molecule has 2 aromatic carbocycles. The summed E-state index contributed by atoms with van der Waals surface area (Å²) < 4.78 is 6.49. The van der Waals surface area contributed by atoms with Crippen molar-refractivity contribution in [2.75, 3.05) is 0 Å². The van der Waals surface area contributed by atoms with E-state index in [-0.39, 0.29) is 0 Å². The number of benzene rings is 2. The minimum absolute atomic E-state index is 0.339. The smallest absolute Gasteiger partial charge is 0.144 e. The van der Waals surface area contributed by atoms with Gasteiger partial charge in [-0.2, -0.15) is 0 Å². The van der Waals surface area contributed by atoms with E-state index in [9.17, 15) is 0 Å². The van der Waals surface area contributed by atoms with Crippen molar-refractivity contribution >= 4 is 35.2 Å². The number of hydrogen-bond donors (Lipinski definition) is 0. The van der Waals surface area contributed by atoms with Crippen LogP contribution in [0.1, 0.15) is 52.0 Å².